The number of ether oxygens (including phenoxy) is 2. The average Bonchev–Trinajstić information content (AvgIpc) is 2.72. The van der Waals surface area contributed by atoms with Gasteiger partial charge in [-0.25, -0.2) is 13.2 Å². The van der Waals surface area contributed by atoms with Crippen LogP contribution in [-0.2, 0) is 0 Å². The second-order valence-electron chi connectivity index (χ2n) is 6.82. The number of anilines is 1. The molecule has 0 saturated heterocycles. The van der Waals surface area contributed by atoms with Crippen LogP contribution in [0.3, 0.4) is 0 Å². The van der Waals surface area contributed by atoms with E-state index in [0.717, 1.165) is 36.4 Å². The summed E-state index contributed by atoms with van der Waals surface area (Å²) < 4.78 is 88.5. The third-order valence-corrected chi connectivity index (χ3v) is 4.37. The first kappa shape index (κ1) is 24.4. The molecule has 0 unspecified atom stereocenters. The van der Waals surface area contributed by atoms with Crippen LogP contribution >= 0.6 is 0 Å². The van der Waals surface area contributed by atoms with E-state index in [1.165, 1.54) is 13.0 Å². The van der Waals surface area contributed by atoms with E-state index in [9.17, 15) is 35.9 Å². The van der Waals surface area contributed by atoms with Gasteiger partial charge in [0, 0.05) is 11.8 Å². The molecule has 0 aliphatic carbocycles. The molecule has 0 saturated carbocycles. The fraction of sp³-hybridized carbons (Fsp3) is 0.0909. The van der Waals surface area contributed by atoms with Crippen molar-refractivity contribution in [3.8, 4) is 17.2 Å². The number of hydrogen-bond donors (Lipinski definition) is 2. The first-order valence-corrected chi connectivity index (χ1v) is 9.28. The highest BCUT2D eigenvalue weighted by atomic mass is 19.4. The van der Waals surface area contributed by atoms with Gasteiger partial charge in [-0.1, -0.05) is 6.07 Å². The number of carbonyl (C=O) groups excluding carboxylic acids is 2. The van der Waals surface area contributed by atoms with Crippen LogP contribution in [0.15, 0.2) is 48.5 Å². The molecule has 3 N–H and O–H groups in total. The number of halogens is 6. The maximum Gasteiger partial charge on any atom is 0.573 e. The van der Waals surface area contributed by atoms with Gasteiger partial charge in [0.05, 0.1) is 5.56 Å². The highest BCUT2D eigenvalue weighted by molar-refractivity contribution is 6.07. The van der Waals surface area contributed by atoms with E-state index in [1.54, 1.807) is 0 Å². The molecule has 0 heterocycles. The molecule has 0 radical (unpaired) electrons. The van der Waals surface area contributed by atoms with Gasteiger partial charge in [0.1, 0.15) is 28.7 Å². The number of carbonyl (C=O) groups is 2. The monoisotopic (exact) mass is 484 g/mol. The lowest BCUT2D eigenvalue weighted by Gasteiger charge is -2.15. The van der Waals surface area contributed by atoms with Crippen molar-refractivity contribution in [2.75, 3.05) is 5.32 Å². The average molecular weight is 484 g/mol. The Kier molecular flexibility index (Phi) is 6.70. The summed E-state index contributed by atoms with van der Waals surface area (Å²) in [6.07, 6.45) is -5.05. The van der Waals surface area contributed by atoms with Crippen molar-refractivity contribution in [3.05, 3.63) is 82.7 Å². The zero-order valence-corrected chi connectivity index (χ0v) is 17.1. The predicted molar refractivity (Wildman–Crippen MR) is 107 cm³/mol. The van der Waals surface area contributed by atoms with Gasteiger partial charge in [-0.05, 0) is 48.9 Å². The predicted octanol–water partition coefficient (Wildman–Crippen LogP) is 5.45. The summed E-state index contributed by atoms with van der Waals surface area (Å²) in [6.45, 7) is 1.34. The normalized spacial score (nSPS) is 11.1. The Bertz CT molecular complexity index is 1280. The quantitative estimate of drug-likeness (QED) is 0.455. The topological polar surface area (TPSA) is 90.7 Å². The summed E-state index contributed by atoms with van der Waals surface area (Å²) in [5.41, 5.74) is 3.77. The maximum atomic E-state index is 14.8. The van der Waals surface area contributed by atoms with Crippen LogP contribution in [0.4, 0.5) is 32.0 Å². The van der Waals surface area contributed by atoms with E-state index in [4.69, 9.17) is 10.5 Å². The molecule has 0 fully saturated rings. The minimum Gasteiger partial charge on any atom is -0.453 e. The lowest BCUT2D eigenvalue weighted by molar-refractivity contribution is -0.274. The molecule has 3 aromatic carbocycles. The van der Waals surface area contributed by atoms with Gasteiger partial charge in [0.25, 0.3) is 11.8 Å². The van der Waals surface area contributed by atoms with Gasteiger partial charge in [-0.3, -0.25) is 9.59 Å². The van der Waals surface area contributed by atoms with Gasteiger partial charge < -0.3 is 20.5 Å². The van der Waals surface area contributed by atoms with Gasteiger partial charge in [-0.2, -0.15) is 0 Å². The fourth-order valence-electron chi connectivity index (χ4n) is 2.82. The number of alkyl halides is 3. The van der Waals surface area contributed by atoms with Gasteiger partial charge in [-0.15, -0.1) is 13.2 Å². The molecule has 0 bridgehead atoms. The van der Waals surface area contributed by atoms with Crippen molar-refractivity contribution in [1.29, 1.82) is 0 Å². The zero-order chi connectivity index (χ0) is 25.2. The van der Waals surface area contributed by atoms with Crippen molar-refractivity contribution >= 4 is 17.5 Å². The molecule has 12 heteroatoms. The van der Waals surface area contributed by atoms with Crippen LogP contribution in [0.25, 0.3) is 0 Å². The molecule has 34 heavy (non-hydrogen) atoms. The molecule has 3 rings (SSSR count). The second kappa shape index (κ2) is 9.33. The smallest absolute Gasteiger partial charge is 0.453 e. The molecule has 0 atom stereocenters. The maximum absolute atomic E-state index is 14.8. The van der Waals surface area contributed by atoms with Gasteiger partial charge in [0.15, 0.2) is 11.6 Å². The molecular formula is C22H14F6N2O4. The summed E-state index contributed by atoms with van der Waals surface area (Å²) in [5.74, 6) is -7.41. The van der Waals surface area contributed by atoms with E-state index in [2.05, 4.69) is 10.1 Å². The summed E-state index contributed by atoms with van der Waals surface area (Å²) in [6, 6.07) is 7.22. The molecule has 0 aromatic heterocycles. The van der Waals surface area contributed by atoms with E-state index in [0.29, 0.717) is 6.07 Å². The molecule has 6 nitrogen and oxygen atoms in total. The van der Waals surface area contributed by atoms with Crippen molar-refractivity contribution < 1.29 is 45.4 Å². The highest BCUT2D eigenvalue weighted by Crippen LogP contribution is 2.33. The summed E-state index contributed by atoms with van der Waals surface area (Å²) in [7, 11) is 0. The van der Waals surface area contributed by atoms with Gasteiger partial charge >= 0.3 is 6.36 Å². The number of nitrogens with one attached hydrogen (secondary N) is 1. The number of aryl methyl sites for hydroxylation is 1. The Hall–Kier alpha value is -4.22. The van der Waals surface area contributed by atoms with Crippen LogP contribution in [0.1, 0.15) is 26.3 Å². The minimum absolute atomic E-state index is 0.0174. The van der Waals surface area contributed by atoms with Crippen LogP contribution in [-0.4, -0.2) is 18.2 Å². The van der Waals surface area contributed by atoms with Crippen molar-refractivity contribution in [1.82, 2.24) is 0 Å². The molecule has 3 aromatic rings. The van der Waals surface area contributed by atoms with Crippen LogP contribution in [0.2, 0.25) is 0 Å². The Morgan fingerprint density at radius 2 is 1.59 bits per heavy atom. The number of nitrogens with two attached hydrogens (primary N) is 1. The van der Waals surface area contributed by atoms with Gasteiger partial charge in [0.2, 0.25) is 0 Å². The Morgan fingerprint density at radius 3 is 2.21 bits per heavy atom. The number of hydrogen-bond acceptors (Lipinski definition) is 4. The molecular weight excluding hydrogens is 470 g/mol. The Labute approximate surface area is 187 Å². The summed E-state index contributed by atoms with van der Waals surface area (Å²) >= 11 is 0. The Balaban J connectivity index is 1.93. The number of benzene rings is 3. The first-order valence-electron chi connectivity index (χ1n) is 9.28. The zero-order valence-electron chi connectivity index (χ0n) is 17.1. The van der Waals surface area contributed by atoms with Crippen molar-refractivity contribution in [2.24, 2.45) is 5.73 Å². The van der Waals surface area contributed by atoms with E-state index in [1.807, 2.05) is 0 Å². The highest BCUT2D eigenvalue weighted by Gasteiger charge is 2.31. The molecule has 0 aliphatic heterocycles. The minimum atomic E-state index is -5.05. The third kappa shape index (κ3) is 5.57. The van der Waals surface area contributed by atoms with Crippen LogP contribution in [0.5, 0.6) is 17.2 Å². The lowest BCUT2D eigenvalue weighted by Crippen LogP contribution is -2.18. The number of primary amides is 1. The van der Waals surface area contributed by atoms with Crippen molar-refractivity contribution in [3.63, 3.8) is 0 Å². The van der Waals surface area contributed by atoms with E-state index in [-0.39, 0.29) is 11.3 Å². The molecule has 0 aliphatic rings. The second-order valence-corrected chi connectivity index (χ2v) is 6.82. The first-order chi connectivity index (χ1) is 15.9. The third-order valence-electron chi connectivity index (χ3n) is 4.37. The van der Waals surface area contributed by atoms with Crippen LogP contribution < -0.4 is 20.5 Å². The Morgan fingerprint density at radius 1 is 0.912 bits per heavy atom. The summed E-state index contributed by atoms with van der Waals surface area (Å²) in [5, 5.41) is 2.25. The largest absolute Gasteiger partial charge is 0.573 e. The lowest BCUT2D eigenvalue weighted by atomic mass is 10.1. The SMILES string of the molecule is Cc1ccc(Oc2ccc(OC(F)(F)F)cc2F)c(C(=O)Nc2ccc(F)c(C(N)=O)c2)c1F. The van der Waals surface area contributed by atoms with E-state index < -0.39 is 64.0 Å². The van der Waals surface area contributed by atoms with Crippen LogP contribution in [0, 0.1) is 24.4 Å². The van der Waals surface area contributed by atoms with E-state index >= 15 is 0 Å². The summed E-state index contributed by atoms with van der Waals surface area (Å²) in [4.78, 5) is 24.1. The molecule has 0 spiro atoms. The molecule has 2 amide bonds. The standard InChI is InChI=1S/C22H14F6N2O4/c1-10-2-6-17(33-16-7-4-12(9-15(16)24)34-22(26,27)28)18(19(10)25)21(32)30-11-3-5-14(23)13(8-11)20(29)31/h2-9H,1H3,(H2,29,31)(H,30,32). The molecule has 178 valence electrons. The van der Waals surface area contributed by atoms with Crippen molar-refractivity contribution in [2.45, 2.75) is 13.3 Å². The fourth-order valence-corrected chi connectivity index (χ4v) is 2.82. The number of rotatable bonds is 6. The number of amides is 2.